The molecule has 0 amide bonds. The van der Waals surface area contributed by atoms with Crippen molar-refractivity contribution in [2.24, 2.45) is 0 Å². The maximum atomic E-state index is 6.31. The number of thiazole rings is 1. The summed E-state index contributed by atoms with van der Waals surface area (Å²) in [5, 5.41) is 3.82. The molecule has 52 heavy (non-hydrogen) atoms. The van der Waals surface area contributed by atoms with E-state index in [0.29, 0.717) is 28.9 Å². The third-order valence-corrected chi connectivity index (χ3v) is 8.54. The second-order valence-corrected chi connectivity index (χ2v) is 11.9. The first-order valence-electron chi connectivity index (χ1n) is 15.6. The topological polar surface area (TPSA) is 87.8 Å². The molecule has 0 unspecified atom stereocenters. The van der Waals surface area contributed by atoms with Gasteiger partial charge in [0.15, 0.2) is 0 Å². The maximum absolute atomic E-state index is 6.31. The van der Waals surface area contributed by atoms with E-state index < -0.39 is 0 Å². The zero-order valence-corrected chi connectivity index (χ0v) is 32.1. The number of aromatic nitrogens is 6. The van der Waals surface area contributed by atoms with E-state index in [1.54, 1.807) is 30.3 Å². The van der Waals surface area contributed by atoms with Crippen LogP contribution >= 0.6 is 11.3 Å². The average molecular weight is 1050 g/mol. The van der Waals surface area contributed by atoms with Crippen LogP contribution in [0.15, 0.2) is 133 Å². The molecule has 5 heterocycles. The van der Waals surface area contributed by atoms with Crippen LogP contribution in [0.1, 0.15) is 0 Å². The van der Waals surface area contributed by atoms with Gasteiger partial charge in [0.2, 0.25) is 5.95 Å². The molecule has 8 nitrogen and oxygen atoms in total. The van der Waals surface area contributed by atoms with Gasteiger partial charge in [-0.3, -0.25) is 0 Å². The van der Waals surface area contributed by atoms with Crippen LogP contribution in [-0.4, -0.2) is 29.5 Å². The van der Waals surface area contributed by atoms with E-state index in [-0.39, 0.29) is 42.1 Å². The predicted octanol–water partition coefficient (Wildman–Crippen LogP) is 9.60. The van der Waals surface area contributed by atoms with Crippen molar-refractivity contribution in [1.29, 1.82) is 0 Å². The van der Waals surface area contributed by atoms with Crippen molar-refractivity contribution in [3.8, 4) is 62.7 Å². The summed E-state index contributed by atoms with van der Waals surface area (Å²) in [6.07, 6.45) is 7.05. The van der Waals surface area contributed by atoms with Crippen molar-refractivity contribution in [3.63, 3.8) is 0 Å². The molecule has 0 radical (unpaired) electrons. The molecule has 11 heteroatoms. The molecule has 0 aliphatic heterocycles. The van der Waals surface area contributed by atoms with Crippen molar-refractivity contribution < 1.29 is 51.6 Å². The van der Waals surface area contributed by atoms with E-state index in [1.807, 2.05) is 107 Å². The summed E-state index contributed by atoms with van der Waals surface area (Å²) in [7, 11) is 0. The van der Waals surface area contributed by atoms with Crippen molar-refractivity contribution in [2.75, 3.05) is 0 Å². The van der Waals surface area contributed by atoms with Crippen LogP contribution in [0.5, 0.6) is 23.0 Å². The first-order valence-corrected chi connectivity index (χ1v) is 16.6. The van der Waals surface area contributed by atoms with Crippen LogP contribution in [-0.2, 0) is 42.1 Å². The standard InChI is InChI=1S/C41H22N6O2S.2Pt/c1-3-17-42-36(11-1)27-7-5-9-30(19-27)48-32-13-15-34-35-16-14-33(49-31-10-6-8-28(20-31)37-12-2-4-18-43-37)22-40(35)47(39(34)21-32)41-44-23-29(24-45-41)38-25-50-26-46-38;;/h1-18,23-26H;;/q-4;2*+2. The molecule has 0 aliphatic rings. The van der Waals surface area contributed by atoms with E-state index in [0.717, 1.165) is 55.6 Å². The molecule has 0 bridgehead atoms. The fourth-order valence-corrected chi connectivity index (χ4v) is 6.23. The average Bonchev–Trinajstić information content (AvgIpc) is 3.83. The number of rotatable bonds is 8. The van der Waals surface area contributed by atoms with Crippen LogP contribution in [0.4, 0.5) is 0 Å². The molecule has 0 aliphatic carbocycles. The third-order valence-electron chi connectivity index (χ3n) is 7.96. The van der Waals surface area contributed by atoms with E-state index in [1.165, 1.54) is 11.3 Å². The summed E-state index contributed by atoms with van der Waals surface area (Å²) in [4.78, 5) is 22.8. The molecule has 0 atom stereocenters. The predicted molar refractivity (Wildman–Crippen MR) is 192 cm³/mol. The van der Waals surface area contributed by atoms with E-state index in [2.05, 4.69) is 39.2 Å². The van der Waals surface area contributed by atoms with Gasteiger partial charge in [-0.25, -0.2) is 15.0 Å². The molecule has 4 aromatic carbocycles. The fourth-order valence-electron chi connectivity index (χ4n) is 5.66. The van der Waals surface area contributed by atoms with Gasteiger partial charge < -0.3 is 24.0 Å². The summed E-state index contributed by atoms with van der Waals surface area (Å²) in [5.74, 6) is 2.54. The summed E-state index contributed by atoms with van der Waals surface area (Å²) >= 11 is 1.52. The minimum atomic E-state index is 0. The SMILES string of the molecule is [Pt+2].[Pt+2].[c-]1c(Oc2[c-]c3c(cc2)c2ccc(Oc4[c-]c(-c5ccccn5)ccc4)[c-]c2n3-c2ncc(-c3cscn3)cn2)cccc1-c1ccccn1. The van der Waals surface area contributed by atoms with Crippen molar-refractivity contribution >= 4 is 33.1 Å². The van der Waals surface area contributed by atoms with Crippen LogP contribution in [0, 0.1) is 24.3 Å². The molecule has 9 rings (SSSR count). The summed E-state index contributed by atoms with van der Waals surface area (Å²) in [6.45, 7) is 0. The van der Waals surface area contributed by atoms with Crippen molar-refractivity contribution in [3.05, 3.63) is 157 Å². The number of fused-ring (bicyclic) bond motifs is 3. The Kier molecular flexibility index (Phi) is 10.5. The Morgan fingerprint density at radius 2 is 1.04 bits per heavy atom. The molecule has 9 aromatic rings. The van der Waals surface area contributed by atoms with E-state index in [9.17, 15) is 0 Å². The Bertz CT molecular complexity index is 2460. The molecular formula is C41H22N6O2Pt2S. The Hall–Kier alpha value is -5.33. The van der Waals surface area contributed by atoms with Crippen LogP contribution in [0.2, 0.25) is 0 Å². The van der Waals surface area contributed by atoms with Gasteiger partial charge in [-0.05, 0) is 23.5 Å². The van der Waals surface area contributed by atoms with Crippen molar-refractivity contribution in [2.45, 2.75) is 0 Å². The Morgan fingerprint density at radius 1 is 0.500 bits per heavy atom. The van der Waals surface area contributed by atoms with Crippen LogP contribution in [0.3, 0.4) is 0 Å². The number of benzene rings is 4. The monoisotopic (exact) mass is 1050 g/mol. The second kappa shape index (κ2) is 15.5. The number of nitrogens with zero attached hydrogens (tertiary/aromatic N) is 6. The minimum Gasteiger partial charge on any atom is -0.503 e. The largest absolute Gasteiger partial charge is 2.00 e. The van der Waals surface area contributed by atoms with E-state index >= 15 is 0 Å². The van der Waals surface area contributed by atoms with Gasteiger partial charge >= 0.3 is 42.1 Å². The number of hydrogen-bond donors (Lipinski definition) is 0. The first-order chi connectivity index (χ1) is 24.7. The van der Waals surface area contributed by atoms with Crippen LogP contribution < -0.4 is 9.47 Å². The summed E-state index contributed by atoms with van der Waals surface area (Å²) < 4.78 is 14.5. The van der Waals surface area contributed by atoms with Crippen molar-refractivity contribution in [1.82, 2.24) is 29.5 Å². The summed E-state index contributed by atoms with van der Waals surface area (Å²) in [5.41, 5.74) is 8.15. The van der Waals surface area contributed by atoms with Gasteiger partial charge in [-0.2, -0.15) is 22.9 Å². The van der Waals surface area contributed by atoms with Gasteiger partial charge in [0.1, 0.15) is 0 Å². The normalized spacial score (nSPS) is 10.8. The maximum Gasteiger partial charge on any atom is 2.00 e. The number of ether oxygens (including phenoxy) is 2. The molecular weight excluding hydrogens is 1030 g/mol. The quantitative estimate of drug-likeness (QED) is 0.140. The minimum absolute atomic E-state index is 0. The fraction of sp³-hybridized carbons (Fsp3) is 0. The first kappa shape index (κ1) is 35.1. The zero-order valence-electron chi connectivity index (χ0n) is 26.7. The molecule has 0 saturated heterocycles. The second-order valence-electron chi connectivity index (χ2n) is 11.1. The molecule has 0 fully saturated rings. The van der Waals surface area contributed by atoms with Gasteiger partial charge in [-0.15, -0.1) is 83.1 Å². The van der Waals surface area contributed by atoms with E-state index in [4.69, 9.17) is 19.4 Å². The van der Waals surface area contributed by atoms with Gasteiger partial charge in [0, 0.05) is 58.7 Å². The number of hydrogen-bond acceptors (Lipinski definition) is 8. The molecule has 0 saturated carbocycles. The smallest absolute Gasteiger partial charge is 0.503 e. The Balaban J connectivity index is 0.00000210. The molecule has 5 aromatic heterocycles. The van der Waals surface area contributed by atoms with Gasteiger partial charge in [0.25, 0.3) is 0 Å². The summed E-state index contributed by atoms with van der Waals surface area (Å²) in [6, 6.07) is 44.4. The molecule has 0 spiro atoms. The van der Waals surface area contributed by atoms with Gasteiger partial charge in [-0.1, -0.05) is 47.4 Å². The molecule has 254 valence electrons. The Labute approximate surface area is 331 Å². The Morgan fingerprint density at radius 3 is 1.52 bits per heavy atom. The third kappa shape index (κ3) is 7.08. The van der Waals surface area contributed by atoms with Gasteiger partial charge in [0.05, 0.1) is 11.2 Å². The molecule has 0 N–H and O–H groups in total. The zero-order chi connectivity index (χ0) is 33.3. The van der Waals surface area contributed by atoms with Crippen LogP contribution in [0.25, 0.3) is 61.5 Å². The number of pyridine rings is 2.